The highest BCUT2D eigenvalue weighted by Gasteiger charge is 2.38. The first kappa shape index (κ1) is 10.8. The molecule has 1 aliphatic heterocycles. The van der Waals surface area contributed by atoms with Crippen molar-refractivity contribution in [3.63, 3.8) is 0 Å². The van der Waals surface area contributed by atoms with Crippen LogP contribution in [0.2, 0.25) is 10.0 Å². The van der Waals surface area contributed by atoms with E-state index in [0.29, 0.717) is 22.9 Å². The molecule has 80 valence electrons. The third-order valence-electron chi connectivity index (χ3n) is 2.65. The normalized spacial score (nSPS) is 25.4. The molecule has 4 heteroatoms. The summed E-state index contributed by atoms with van der Waals surface area (Å²) in [7, 11) is 0. The standard InChI is InChI=1S/C11H10Cl2O2/c1-11(5-4-10(14)15-11)8-3-2-7(12)6-9(8)13/h2-3,6H,4-5H2,1H3. The smallest absolute Gasteiger partial charge is 0.306 e. The molecular formula is C11H10Cl2O2. The van der Waals surface area contributed by atoms with Crippen molar-refractivity contribution in [1.29, 1.82) is 0 Å². The second-order valence-electron chi connectivity index (χ2n) is 3.83. The van der Waals surface area contributed by atoms with Crippen molar-refractivity contribution >= 4 is 29.2 Å². The van der Waals surface area contributed by atoms with E-state index < -0.39 is 5.60 Å². The van der Waals surface area contributed by atoms with Crippen LogP contribution in [0.3, 0.4) is 0 Å². The van der Waals surface area contributed by atoms with Crippen LogP contribution in [0, 0.1) is 0 Å². The van der Waals surface area contributed by atoms with Gasteiger partial charge in [-0.05, 0) is 19.1 Å². The predicted molar refractivity (Wildman–Crippen MR) is 59.1 cm³/mol. The third kappa shape index (κ3) is 1.97. The second kappa shape index (κ2) is 3.69. The molecule has 0 N–H and O–H groups in total. The van der Waals surface area contributed by atoms with Crippen molar-refractivity contribution in [3.8, 4) is 0 Å². The molecular weight excluding hydrogens is 235 g/mol. The summed E-state index contributed by atoms with van der Waals surface area (Å²) >= 11 is 11.9. The van der Waals surface area contributed by atoms with E-state index in [-0.39, 0.29) is 5.97 Å². The van der Waals surface area contributed by atoms with Gasteiger partial charge in [0.15, 0.2) is 0 Å². The van der Waals surface area contributed by atoms with Crippen LogP contribution in [0.25, 0.3) is 0 Å². The first-order valence-electron chi connectivity index (χ1n) is 4.69. The Hall–Kier alpha value is -0.730. The van der Waals surface area contributed by atoms with Gasteiger partial charge in [0.25, 0.3) is 0 Å². The number of rotatable bonds is 1. The van der Waals surface area contributed by atoms with Gasteiger partial charge in [-0.25, -0.2) is 0 Å². The zero-order valence-electron chi connectivity index (χ0n) is 8.22. The van der Waals surface area contributed by atoms with Gasteiger partial charge in [0.1, 0.15) is 5.60 Å². The minimum atomic E-state index is -0.598. The molecule has 2 nitrogen and oxygen atoms in total. The van der Waals surface area contributed by atoms with Crippen molar-refractivity contribution < 1.29 is 9.53 Å². The first-order valence-corrected chi connectivity index (χ1v) is 5.44. The van der Waals surface area contributed by atoms with Crippen molar-refractivity contribution in [3.05, 3.63) is 33.8 Å². The largest absolute Gasteiger partial charge is 0.454 e. The van der Waals surface area contributed by atoms with E-state index in [0.717, 1.165) is 5.56 Å². The molecule has 1 aromatic carbocycles. The molecule has 0 aliphatic carbocycles. The number of hydrogen-bond acceptors (Lipinski definition) is 2. The fourth-order valence-electron chi connectivity index (χ4n) is 1.80. The topological polar surface area (TPSA) is 26.3 Å². The molecule has 0 aromatic heterocycles. The van der Waals surface area contributed by atoms with Crippen molar-refractivity contribution in [2.45, 2.75) is 25.4 Å². The molecule has 1 aliphatic rings. The van der Waals surface area contributed by atoms with Crippen molar-refractivity contribution in [1.82, 2.24) is 0 Å². The Morgan fingerprint density at radius 2 is 2.13 bits per heavy atom. The van der Waals surface area contributed by atoms with Crippen LogP contribution in [0.1, 0.15) is 25.3 Å². The minimum absolute atomic E-state index is 0.177. The Balaban J connectivity index is 2.41. The molecule has 1 saturated heterocycles. The Morgan fingerprint density at radius 3 is 2.67 bits per heavy atom. The Morgan fingerprint density at radius 1 is 1.40 bits per heavy atom. The summed E-state index contributed by atoms with van der Waals surface area (Å²) in [6.07, 6.45) is 1.10. The fourth-order valence-corrected chi connectivity index (χ4v) is 2.41. The van der Waals surface area contributed by atoms with Crippen LogP contribution in [0.5, 0.6) is 0 Å². The van der Waals surface area contributed by atoms with Gasteiger partial charge >= 0.3 is 5.97 Å². The summed E-state index contributed by atoms with van der Waals surface area (Å²) in [6, 6.07) is 5.22. The van der Waals surface area contributed by atoms with Crippen LogP contribution in [-0.2, 0) is 15.1 Å². The van der Waals surface area contributed by atoms with Crippen molar-refractivity contribution in [2.75, 3.05) is 0 Å². The van der Waals surface area contributed by atoms with Gasteiger partial charge in [0, 0.05) is 28.5 Å². The maximum atomic E-state index is 11.1. The van der Waals surface area contributed by atoms with Gasteiger partial charge in [0.05, 0.1) is 0 Å². The van der Waals surface area contributed by atoms with E-state index in [1.165, 1.54) is 0 Å². The molecule has 1 aromatic rings. The van der Waals surface area contributed by atoms with Gasteiger partial charge in [-0.2, -0.15) is 0 Å². The van der Waals surface area contributed by atoms with E-state index >= 15 is 0 Å². The van der Waals surface area contributed by atoms with Crippen LogP contribution >= 0.6 is 23.2 Å². The van der Waals surface area contributed by atoms with Gasteiger partial charge < -0.3 is 4.74 Å². The summed E-state index contributed by atoms with van der Waals surface area (Å²) in [6.45, 7) is 1.87. The number of hydrogen-bond donors (Lipinski definition) is 0. The summed E-state index contributed by atoms with van der Waals surface area (Å²) < 4.78 is 5.29. The highest BCUT2D eigenvalue weighted by molar-refractivity contribution is 6.35. The maximum absolute atomic E-state index is 11.1. The number of carbonyl (C=O) groups is 1. The Bertz CT molecular complexity index is 417. The zero-order chi connectivity index (χ0) is 11.1. The lowest BCUT2D eigenvalue weighted by atomic mass is 9.93. The third-order valence-corrected chi connectivity index (χ3v) is 3.19. The molecule has 0 radical (unpaired) electrons. The van der Waals surface area contributed by atoms with E-state index in [4.69, 9.17) is 27.9 Å². The Labute approximate surface area is 98.1 Å². The quantitative estimate of drug-likeness (QED) is 0.707. The maximum Gasteiger partial charge on any atom is 0.306 e. The number of carbonyl (C=O) groups excluding carboxylic acids is 1. The molecule has 0 amide bonds. The summed E-state index contributed by atoms with van der Waals surface area (Å²) in [5.74, 6) is -0.177. The number of ether oxygens (including phenoxy) is 1. The predicted octanol–water partition coefficient (Wildman–Crippen LogP) is 3.55. The lowest BCUT2D eigenvalue weighted by molar-refractivity contribution is -0.147. The SMILES string of the molecule is CC1(c2ccc(Cl)cc2Cl)CCC(=O)O1. The molecule has 1 unspecified atom stereocenters. The molecule has 1 atom stereocenters. The van der Waals surface area contributed by atoms with E-state index in [1.54, 1.807) is 12.1 Å². The first-order chi connectivity index (χ1) is 7.01. The number of esters is 1. The van der Waals surface area contributed by atoms with Gasteiger partial charge in [0.2, 0.25) is 0 Å². The van der Waals surface area contributed by atoms with Gasteiger partial charge in [-0.1, -0.05) is 29.3 Å². The number of halogens is 2. The fraction of sp³-hybridized carbons (Fsp3) is 0.364. The summed E-state index contributed by atoms with van der Waals surface area (Å²) in [5.41, 5.74) is 0.220. The van der Waals surface area contributed by atoms with E-state index in [2.05, 4.69) is 0 Å². The zero-order valence-corrected chi connectivity index (χ0v) is 9.73. The lowest BCUT2D eigenvalue weighted by Crippen LogP contribution is -2.21. The van der Waals surface area contributed by atoms with E-state index in [9.17, 15) is 4.79 Å². The summed E-state index contributed by atoms with van der Waals surface area (Å²) in [5, 5.41) is 1.12. The molecule has 1 fully saturated rings. The highest BCUT2D eigenvalue weighted by Crippen LogP contribution is 2.40. The average molecular weight is 245 g/mol. The monoisotopic (exact) mass is 244 g/mol. The second-order valence-corrected chi connectivity index (χ2v) is 4.67. The molecule has 0 spiro atoms. The summed E-state index contributed by atoms with van der Waals surface area (Å²) in [4.78, 5) is 11.1. The molecule has 0 bridgehead atoms. The number of cyclic esters (lactones) is 1. The van der Waals surface area contributed by atoms with E-state index in [1.807, 2.05) is 13.0 Å². The number of benzene rings is 1. The van der Waals surface area contributed by atoms with Gasteiger partial charge in [-0.15, -0.1) is 0 Å². The minimum Gasteiger partial charge on any atom is -0.454 e. The van der Waals surface area contributed by atoms with Crippen molar-refractivity contribution in [2.24, 2.45) is 0 Å². The lowest BCUT2D eigenvalue weighted by Gasteiger charge is -2.24. The Kier molecular flexibility index (Phi) is 2.65. The molecule has 1 heterocycles. The van der Waals surface area contributed by atoms with Crippen LogP contribution in [-0.4, -0.2) is 5.97 Å². The molecule has 15 heavy (non-hydrogen) atoms. The van der Waals surface area contributed by atoms with Crippen LogP contribution < -0.4 is 0 Å². The van der Waals surface area contributed by atoms with Crippen LogP contribution in [0.4, 0.5) is 0 Å². The molecule has 0 saturated carbocycles. The average Bonchev–Trinajstić information content (AvgIpc) is 2.46. The van der Waals surface area contributed by atoms with Crippen LogP contribution in [0.15, 0.2) is 18.2 Å². The van der Waals surface area contributed by atoms with Gasteiger partial charge in [-0.3, -0.25) is 4.79 Å². The molecule has 2 rings (SSSR count). The highest BCUT2D eigenvalue weighted by atomic mass is 35.5.